The Morgan fingerprint density at radius 1 is 1.28 bits per heavy atom. The number of hydrogen-bond acceptors (Lipinski definition) is 3. The Morgan fingerprint density at radius 3 is 2.56 bits per heavy atom. The van der Waals surface area contributed by atoms with Crippen molar-refractivity contribution in [2.75, 3.05) is 19.8 Å². The summed E-state index contributed by atoms with van der Waals surface area (Å²) in [6, 6.07) is 2.37. The van der Waals surface area contributed by atoms with E-state index in [0.717, 1.165) is 37.9 Å². The highest BCUT2D eigenvalue weighted by atomic mass is 16.5. The molecule has 0 aliphatic carbocycles. The zero-order valence-corrected chi connectivity index (χ0v) is 12.0. The van der Waals surface area contributed by atoms with Gasteiger partial charge in [0.1, 0.15) is 0 Å². The van der Waals surface area contributed by atoms with Crippen LogP contribution in [0.15, 0.2) is 0 Å². The quantitative estimate of drug-likeness (QED) is 0.833. The summed E-state index contributed by atoms with van der Waals surface area (Å²) < 4.78 is 5.78. The average Bonchev–Trinajstić information content (AvgIpc) is 2.64. The van der Waals surface area contributed by atoms with E-state index in [1.807, 2.05) is 0 Å². The molecular weight excluding hydrogens is 224 g/mol. The topological polar surface area (TPSA) is 24.5 Å². The first-order valence-corrected chi connectivity index (χ1v) is 7.82. The molecule has 3 nitrogen and oxygen atoms in total. The van der Waals surface area contributed by atoms with Crippen molar-refractivity contribution in [1.29, 1.82) is 0 Å². The molecule has 3 aliphatic rings. The van der Waals surface area contributed by atoms with Crippen molar-refractivity contribution in [1.82, 2.24) is 10.2 Å². The fourth-order valence-corrected chi connectivity index (χ4v) is 4.64. The largest absolute Gasteiger partial charge is 0.380 e. The first-order chi connectivity index (χ1) is 8.73. The summed E-state index contributed by atoms with van der Waals surface area (Å²) >= 11 is 0. The monoisotopic (exact) mass is 252 g/mol. The third-order valence-corrected chi connectivity index (χ3v) is 5.27. The molecule has 0 aromatic rings. The number of piperidine rings is 1. The van der Waals surface area contributed by atoms with Gasteiger partial charge in [-0.2, -0.15) is 0 Å². The van der Waals surface area contributed by atoms with Crippen molar-refractivity contribution < 1.29 is 4.74 Å². The summed E-state index contributed by atoms with van der Waals surface area (Å²) in [5.41, 5.74) is 0.321. The molecule has 0 aromatic carbocycles. The first-order valence-electron chi connectivity index (χ1n) is 7.82. The SMILES string of the molecule is CCNC1CC2CCC(C1)N2C1(C)CCCOC1. The summed E-state index contributed by atoms with van der Waals surface area (Å²) in [6.45, 7) is 7.70. The van der Waals surface area contributed by atoms with Gasteiger partial charge in [-0.05, 0) is 52.0 Å². The molecule has 3 rings (SSSR count). The summed E-state index contributed by atoms with van der Waals surface area (Å²) in [5.74, 6) is 0. The van der Waals surface area contributed by atoms with Gasteiger partial charge in [0.25, 0.3) is 0 Å². The molecule has 2 bridgehead atoms. The molecule has 0 saturated carbocycles. The van der Waals surface area contributed by atoms with E-state index in [9.17, 15) is 0 Å². The molecule has 3 aliphatic heterocycles. The van der Waals surface area contributed by atoms with Crippen molar-refractivity contribution in [3.05, 3.63) is 0 Å². The van der Waals surface area contributed by atoms with Gasteiger partial charge in [0, 0.05) is 30.3 Å². The van der Waals surface area contributed by atoms with E-state index in [0.29, 0.717) is 5.54 Å². The first kappa shape index (κ1) is 12.9. The fraction of sp³-hybridized carbons (Fsp3) is 1.00. The maximum Gasteiger partial charge on any atom is 0.0647 e. The fourth-order valence-electron chi connectivity index (χ4n) is 4.64. The molecule has 3 heterocycles. The highest BCUT2D eigenvalue weighted by molar-refractivity contribution is 5.05. The number of ether oxygens (including phenoxy) is 1. The standard InChI is InChI=1S/C15H28N2O/c1-3-16-12-9-13-5-6-14(10-12)17(13)15(2)7-4-8-18-11-15/h12-14,16H,3-11H2,1-2H3. The lowest BCUT2D eigenvalue weighted by atomic mass is 9.86. The van der Waals surface area contributed by atoms with E-state index in [1.165, 1.54) is 38.5 Å². The molecule has 0 radical (unpaired) electrons. The lowest BCUT2D eigenvalue weighted by Gasteiger charge is -2.51. The van der Waals surface area contributed by atoms with Crippen molar-refractivity contribution in [3.8, 4) is 0 Å². The van der Waals surface area contributed by atoms with Gasteiger partial charge in [-0.25, -0.2) is 0 Å². The lowest BCUT2D eigenvalue weighted by Crippen LogP contribution is -2.61. The van der Waals surface area contributed by atoms with Crippen LogP contribution in [0.1, 0.15) is 52.4 Å². The molecule has 3 saturated heterocycles. The predicted molar refractivity (Wildman–Crippen MR) is 73.8 cm³/mol. The molecule has 0 spiro atoms. The minimum Gasteiger partial charge on any atom is -0.380 e. The molecule has 3 unspecified atom stereocenters. The Labute approximate surface area is 111 Å². The third-order valence-electron chi connectivity index (χ3n) is 5.27. The van der Waals surface area contributed by atoms with Crippen LogP contribution in [0.4, 0.5) is 0 Å². The maximum absolute atomic E-state index is 5.78. The Morgan fingerprint density at radius 2 is 2.00 bits per heavy atom. The minimum atomic E-state index is 0.321. The molecule has 0 amide bonds. The summed E-state index contributed by atoms with van der Waals surface area (Å²) in [6.07, 6.45) is 8.07. The molecule has 3 fully saturated rings. The van der Waals surface area contributed by atoms with Crippen LogP contribution in [0.2, 0.25) is 0 Å². The number of nitrogens with zero attached hydrogens (tertiary/aromatic N) is 1. The lowest BCUT2D eigenvalue weighted by molar-refractivity contribution is -0.0765. The zero-order valence-electron chi connectivity index (χ0n) is 12.0. The van der Waals surface area contributed by atoms with Gasteiger partial charge < -0.3 is 10.1 Å². The third kappa shape index (κ3) is 2.21. The highest BCUT2D eigenvalue weighted by Gasteiger charge is 2.49. The number of fused-ring (bicyclic) bond motifs is 2. The van der Waals surface area contributed by atoms with Gasteiger partial charge in [-0.3, -0.25) is 4.90 Å². The average molecular weight is 252 g/mol. The number of hydrogen-bond donors (Lipinski definition) is 1. The van der Waals surface area contributed by atoms with Crippen LogP contribution >= 0.6 is 0 Å². The van der Waals surface area contributed by atoms with E-state index in [1.54, 1.807) is 0 Å². The molecule has 18 heavy (non-hydrogen) atoms. The van der Waals surface area contributed by atoms with Gasteiger partial charge in [-0.15, -0.1) is 0 Å². The number of nitrogens with one attached hydrogen (secondary N) is 1. The zero-order chi connectivity index (χ0) is 12.6. The Balaban J connectivity index is 1.71. The summed E-state index contributed by atoms with van der Waals surface area (Å²) in [5, 5.41) is 3.66. The van der Waals surface area contributed by atoms with Crippen molar-refractivity contribution >= 4 is 0 Å². The molecule has 3 heteroatoms. The summed E-state index contributed by atoms with van der Waals surface area (Å²) in [4.78, 5) is 2.85. The van der Waals surface area contributed by atoms with E-state index in [2.05, 4.69) is 24.1 Å². The molecular formula is C15H28N2O. The van der Waals surface area contributed by atoms with E-state index in [4.69, 9.17) is 4.74 Å². The van der Waals surface area contributed by atoms with Crippen LogP contribution in [0.5, 0.6) is 0 Å². The minimum absolute atomic E-state index is 0.321. The smallest absolute Gasteiger partial charge is 0.0647 e. The van der Waals surface area contributed by atoms with E-state index < -0.39 is 0 Å². The second kappa shape index (κ2) is 5.10. The Kier molecular flexibility index (Phi) is 3.65. The molecule has 0 aromatic heterocycles. The van der Waals surface area contributed by atoms with Gasteiger partial charge in [0.15, 0.2) is 0 Å². The van der Waals surface area contributed by atoms with Gasteiger partial charge in [0.2, 0.25) is 0 Å². The normalized spacial score (nSPS) is 45.3. The molecule has 104 valence electrons. The van der Waals surface area contributed by atoms with Gasteiger partial charge in [-0.1, -0.05) is 6.92 Å². The van der Waals surface area contributed by atoms with E-state index >= 15 is 0 Å². The maximum atomic E-state index is 5.78. The summed E-state index contributed by atoms with van der Waals surface area (Å²) in [7, 11) is 0. The molecule has 1 N–H and O–H groups in total. The Bertz CT molecular complexity index is 274. The highest BCUT2D eigenvalue weighted by Crippen LogP contribution is 2.43. The van der Waals surface area contributed by atoms with Crippen LogP contribution in [-0.2, 0) is 4.74 Å². The van der Waals surface area contributed by atoms with Gasteiger partial charge >= 0.3 is 0 Å². The number of rotatable bonds is 3. The van der Waals surface area contributed by atoms with Crippen LogP contribution in [0.3, 0.4) is 0 Å². The van der Waals surface area contributed by atoms with Crippen molar-refractivity contribution in [3.63, 3.8) is 0 Å². The molecule has 3 atom stereocenters. The van der Waals surface area contributed by atoms with Gasteiger partial charge in [0.05, 0.1) is 6.61 Å². The van der Waals surface area contributed by atoms with Crippen molar-refractivity contribution in [2.45, 2.75) is 76.0 Å². The van der Waals surface area contributed by atoms with Crippen LogP contribution in [0, 0.1) is 0 Å². The van der Waals surface area contributed by atoms with Crippen molar-refractivity contribution in [2.24, 2.45) is 0 Å². The van der Waals surface area contributed by atoms with Crippen LogP contribution in [0.25, 0.3) is 0 Å². The van der Waals surface area contributed by atoms with Crippen LogP contribution in [-0.4, -0.2) is 48.3 Å². The second-order valence-electron chi connectivity index (χ2n) is 6.67. The Hall–Kier alpha value is -0.120. The van der Waals surface area contributed by atoms with Crippen LogP contribution < -0.4 is 5.32 Å². The second-order valence-corrected chi connectivity index (χ2v) is 6.67. The predicted octanol–water partition coefficient (Wildman–Crippen LogP) is 2.16. The van der Waals surface area contributed by atoms with E-state index in [-0.39, 0.29) is 0 Å².